The van der Waals surface area contributed by atoms with Crippen LogP contribution in [0.1, 0.15) is 13.8 Å². The monoisotopic (exact) mass is 254 g/mol. The molecule has 0 spiro atoms. The van der Waals surface area contributed by atoms with Crippen molar-refractivity contribution in [3.05, 3.63) is 12.4 Å². The quantitative estimate of drug-likeness (QED) is 0.764. The van der Waals surface area contributed by atoms with E-state index in [9.17, 15) is 0 Å². The normalized spacial score (nSPS) is 12.1. The lowest BCUT2D eigenvalue weighted by molar-refractivity contribution is 0.187. The zero-order valence-electron chi connectivity index (χ0n) is 12.2. The molecule has 0 amide bonds. The van der Waals surface area contributed by atoms with E-state index in [-0.39, 0.29) is 5.41 Å². The first-order chi connectivity index (χ1) is 8.44. The van der Waals surface area contributed by atoms with E-state index < -0.39 is 0 Å². The standard InChI is InChI=1S/C13H26N4O/c1-13(2,11-16(3)4)10-15-12-14-6-7-17(12)8-9-18-5/h6-7H,8-11H2,1-5H3,(H,14,15). The molecule has 0 fully saturated rings. The Labute approximate surface area is 110 Å². The van der Waals surface area contributed by atoms with Crippen LogP contribution in [-0.4, -0.2) is 55.4 Å². The topological polar surface area (TPSA) is 42.3 Å². The molecule has 1 N–H and O–H groups in total. The predicted octanol–water partition coefficient (Wildman–Crippen LogP) is 1.53. The Balaban J connectivity index is 2.50. The molecule has 1 aromatic heterocycles. The number of imidazole rings is 1. The predicted molar refractivity (Wildman–Crippen MR) is 74.9 cm³/mol. The molecule has 1 aromatic rings. The molecular formula is C13H26N4O. The highest BCUT2D eigenvalue weighted by Gasteiger charge is 2.19. The minimum atomic E-state index is 0.210. The number of hydrogen-bond donors (Lipinski definition) is 1. The third-order valence-corrected chi connectivity index (χ3v) is 2.72. The second kappa shape index (κ2) is 6.75. The summed E-state index contributed by atoms with van der Waals surface area (Å²) in [5.74, 6) is 0.916. The minimum absolute atomic E-state index is 0.210. The van der Waals surface area contributed by atoms with E-state index in [2.05, 4.69) is 47.7 Å². The lowest BCUT2D eigenvalue weighted by Crippen LogP contribution is -2.34. The first kappa shape index (κ1) is 15.0. The molecule has 104 valence electrons. The molecule has 0 aromatic carbocycles. The summed E-state index contributed by atoms with van der Waals surface area (Å²) in [6, 6.07) is 0. The van der Waals surface area contributed by atoms with Crippen LogP contribution in [0.15, 0.2) is 12.4 Å². The van der Waals surface area contributed by atoms with Crippen molar-refractivity contribution in [2.75, 3.05) is 46.2 Å². The van der Waals surface area contributed by atoms with Crippen LogP contribution in [0.2, 0.25) is 0 Å². The highest BCUT2D eigenvalue weighted by atomic mass is 16.5. The van der Waals surface area contributed by atoms with Gasteiger partial charge in [0.15, 0.2) is 0 Å². The Morgan fingerprint density at radius 3 is 2.78 bits per heavy atom. The van der Waals surface area contributed by atoms with Gasteiger partial charge in [0.2, 0.25) is 5.95 Å². The van der Waals surface area contributed by atoms with Crippen molar-refractivity contribution in [2.45, 2.75) is 20.4 Å². The van der Waals surface area contributed by atoms with Crippen LogP contribution in [0.3, 0.4) is 0 Å². The van der Waals surface area contributed by atoms with Gasteiger partial charge in [0.05, 0.1) is 6.61 Å². The second-order valence-corrected chi connectivity index (χ2v) is 5.69. The summed E-state index contributed by atoms with van der Waals surface area (Å²) in [5, 5.41) is 3.42. The Morgan fingerprint density at radius 2 is 2.17 bits per heavy atom. The molecule has 0 unspecified atom stereocenters. The van der Waals surface area contributed by atoms with Crippen LogP contribution in [-0.2, 0) is 11.3 Å². The second-order valence-electron chi connectivity index (χ2n) is 5.69. The summed E-state index contributed by atoms with van der Waals surface area (Å²) in [4.78, 5) is 6.54. The van der Waals surface area contributed by atoms with Crippen LogP contribution < -0.4 is 5.32 Å². The number of anilines is 1. The lowest BCUT2D eigenvalue weighted by Gasteiger charge is -2.28. The van der Waals surface area contributed by atoms with E-state index >= 15 is 0 Å². The molecule has 0 bridgehead atoms. The zero-order chi connectivity index (χ0) is 13.6. The number of nitrogens with one attached hydrogen (secondary N) is 1. The molecule has 0 saturated carbocycles. The number of ether oxygens (including phenoxy) is 1. The maximum Gasteiger partial charge on any atom is 0.202 e. The average Bonchev–Trinajstić information content (AvgIpc) is 2.69. The van der Waals surface area contributed by atoms with Gasteiger partial charge < -0.3 is 19.5 Å². The summed E-state index contributed by atoms with van der Waals surface area (Å²) in [6.07, 6.45) is 3.79. The summed E-state index contributed by atoms with van der Waals surface area (Å²) in [7, 11) is 5.91. The van der Waals surface area contributed by atoms with Gasteiger partial charge in [-0.15, -0.1) is 0 Å². The highest BCUT2D eigenvalue weighted by molar-refractivity contribution is 5.26. The molecule has 0 atom stereocenters. The van der Waals surface area contributed by atoms with E-state index in [4.69, 9.17) is 4.74 Å². The van der Waals surface area contributed by atoms with Crippen molar-refractivity contribution in [2.24, 2.45) is 5.41 Å². The molecule has 1 heterocycles. The summed E-state index contributed by atoms with van der Waals surface area (Å²) < 4.78 is 7.16. The van der Waals surface area contributed by atoms with E-state index in [0.717, 1.165) is 25.6 Å². The number of nitrogens with zero attached hydrogens (tertiary/aromatic N) is 3. The maximum absolute atomic E-state index is 5.09. The van der Waals surface area contributed by atoms with Gasteiger partial charge in [0, 0.05) is 39.1 Å². The van der Waals surface area contributed by atoms with Crippen molar-refractivity contribution in [3.8, 4) is 0 Å². The molecule has 0 radical (unpaired) electrons. The SMILES string of the molecule is COCCn1ccnc1NCC(C)(C)CN(C)C. The van der Waals surface area contributed by atoms with Crippen molar-refractivity contribution in [1.29, 1.82) is 0 Å². The van der Waals surface area contributed by atoms with Crippen LogP contribution in [0, 0.1) is 5.41 Å². The Kier molecular flexibility index (Phi) is 5.62. The van der Waals surface area contributed by atoms with Gasteiger partial charge in [-0.1, -0.05) is 13.8 Å². The first-order valence-electron chi connectivity index (χ1n) is 6.33. The third-order valence-electron chi connectivity index (χ3n) is 2.72. The number of aromatic nitrogens is 2. The molecule has 0 aliphatic heterocycles. The van der Waals surface area contributed by atoms with Crippen molar-refractivity contribution >= 4 is 5.95 Å². The summed E-state index contributed by atoms with van der Waals surface area (Å²) in [5.41, 5.74) is 0.210. The van der Waals surface area contributed by atoms with E-state index in [1.165, 1.54) is 0 Å². The molecule has 0 saturated heterocycles. The van der Waals surface area contributed by atoms with E-state index in [0.29, 0.717) is 6.61 Å². The van der Waals surface area contributed by atoms with Crippen molar-refractivity contribution in [3.63, 3.8) is 0 Å². The minimum Gasteiger partial charge on any atom is -0.383 e. The average molecular weight is 254 g/mol. The highest BCUT2D eigenvalue weighted by Crippen LogP contribution is 2.17. The van der Waals surface area contributed by atoms with Gasteiger partial charge in [-0.05, 0) is 19.5 Å². The molecule has 0 aliphatic rings. The smallest absolute Gasteiger partial charge is 0.202 e. The van der Waals surface area contributed by atoms with E-state index in [1.54, 1.807) is 7.11 Å². The summed E-state index contributed by atoms with van der Waals surface area (Å²) in [6.45, 7) is 7.97. The molecule has 0 aliphatic carbocycles. The van der Waals surface area contributed by atoms with Crippen LogP contribution in [0.25, 0.3) is 0 Å². The number of hydrogen-bond acceptors (Lipinski definition) is 4. The van der Waals surface area contributed by atoms with Gasteiger partial charge >= 0.3 is 0 Å². The maximum atomic E-state index is 5.09. The van der Waals surface area contributed by atoms with Crippen LogP contribution >= 0.6 is 0 Å². The molecule has 5 heteroatoms. The lowest BCUT2D eigenvalue weighted by atomic mass is 9.93. The molecular weight excluding hydrogens is 228 g/mol. The van der Waals surface area contributed by atoms with Gasteiger partial charge in [0.1, 0.15) is 0 Å². The largest absolute Gasteiger partial charge is 0.383 e. The molecule has 18 heavy (non-hydrogen) atoms. The van der Waals surface area contributed by atoms with Gasteiger partial charge in [-0.3, -0.25) is 0 Å². The van der Waals surface area contributed by atoms with Crippen LogP contribution in [0.4, 0.5) is 5.95 Å². The summed E-state index contributed by atoms with van der Waals surface area (Å²) >= 11 is 0. The zero-order valence-corrected chi connectivity index (χ0v) is 12.2. The fourth-order valence-corrected chi connectivity index (χ4v) is 2.08. The van der Waals surface area contributed by atoms with Crippen molar-refractivity contribution < 1.29 is 4.74 Å². The van der Waals surface area contributed by atoms with Gasteiger partial charge in [0.25, 0.3) is 0 Å². The third kappa shape index (κ3) is 5.06. The van der Waals surface area contributed by atoms with E-state index in [1.807, 2.05) is 12.4 Å². The van der Waals surface area contributed by atoms with Crippen LogP contribution in [0.5, 0.6) is 0 Å². The Morgan fingerprint density at radius 1 is 1.44 bits per heavy atom. The Bertz CT molecular complexity index is 347. The van der Waals surface area contributed by atoms with Crippen molar-refractivity contribution in [1.82, 2.24) is 14.5 Å². The fourth-order valence-electron chi connectivity index (χ4n) is 2.08. The van der Waals surface area contributed by atoms with Gasteiger partial charge in [-0.2, -0.15) is 0 Å². The number of rotatable bonds is 8. The molecule has 5 nitrogen and oxygen atoms in total. The van der Waals surface area contributed by atoms with Gasteiger partial charge in [-0.25, -0.2) is 4.98 Å². The molecule has 1 rings (SSSR count). The number of methoxy groups -OCH3 is 1. The fraction of sp³-hybridized carbons (Fsp3) is 0.769. The Hall–Kier alpha value is -1.07. The first-order valence-corrected chi connectivity index (χ1v) is 6.33.